The van der Waals surface area contributed by atoms with E-state index in [2.05, 4.69) is 23.7 Å². The Balaban J connectivity index is 1.68. The maximum Gasteiger partial charge on any atom is 0.471 e. The molecular weight excluding hydrogens is 556 g/mol. The van der Waals surface area contributed by atoms with Crippen molar-refractivity contribution in [2.45, 2.75) is 25.4 Å². The molecule has 2 N–H and O–H groups in total. The van der Waals surface area contributed by atoms with E-state index >= 15 is 0 Å². The summed E-state index contributed by atoms with van der Waals surface area (Å²) in [4.78, 5) is 32.8. The van der Waals surface area contributed by atoms with Gasteiger partial charge in [0.25, 0.3) is 5.69 Å². The van der Waals surface area contributed by atoms with Gasteiger partial charge in [-0.1, -0.05) is 47.9 Å². The largest absolute Gasteiger partial charge is 0.471 e. The number of halogens is 6. The lowest BCUT2D eigenvalue weighted by atomic mass is 10.1. The number of carbonyl (C=O) groups excluding carboxylic acids is 2. The number of rotatable bonds is 5. The van der Waals surface area contributed by atoms with Crippen LogP contribution in [0.25, 0.3) is 0 Å². The first kappa shape index (κ1) is 30.2. The second kappa shape index (κ2) is 12.7. The highest BCUT2D eigenvalue weighted by molar-refractivity contribution is 5.82. The molecular formula is C28H17F6N3O4. The number of nitro benzene ring substituents is 1. The minimum absolute atomic E-state index is 0.0901. The van der Waals surface area contributed by atoms with Crippen LogP contribution < -0.4 is 10.6 Å². The number of amides is 2. The summed E-state index contributed by atoms with van der Waals surface area (Å²) in [5.74, 6) is 6.85. The molecule has 0 bridgehead atoms. The van der Waals surface area contributed by atoms with Gasteiger partial charge in [-0.3, -0.25) is 19.7 Å². The van der Waals surface area contributed by atoms with Crippen molar-refractivity contribution >= 4 is 17.5 Å². The molecule has 0 aliphatic rings. The third kappa shape index (κ3) is 9.14. The molecule has 0 heterocycles. The average molecular weight is 573 g/mol. The van der Waals surface area contributed by atoms with Crippen LogP contribution in [0, 0.1) is 33.8 Å². The van der Waals surface area contributed by atoms with E-state index in [1.165, 1.54) is 66.7 Å². The van der Waals surface area contributed by atoms with Crippen molar-refractivity contribution in [3.05, 3.63) is 110 Å². The minimum atomic E-state index is -4.99. The average Bonchev–Trinajstić information content (AvgIpc) is 2.92. The molecule has 2 amide bonds. The Hall–Kier alpha value is -5.30. The van der Waals surface area contributed by atoms with Crippen molar-refractivity contribution < 1.29 is 40.9 Å². The van der Waals surface area contributed by atoms with E-state index in [1.54, 1.807) is 10.6 Å². The summed E-state index contributed by atoms with van der Waals surface area (Å²) in [5, 5.41) is 15.1. The molecule has 210 valence electrons. The Bertz CT molecular complexity index is 1570. The number of benzene rings is 3. The van der Waals surface area contributed by atoms with E-state index < -0.39 is 29.1 Å². The predicted octanol–water partition coefficient (Wildman–Crippen LogP) is 4.75. The molecule has 0 aliphatic carbocycles. The standard InChI is InChI=1S/C28H17F6N3O4/c29-27(30,31)25(38)35-16-21-7-2-18(3-8-21)1-6-20-12-14-23(24(15-20)37(40)41)13-11-19-4-9-22(10-5-19)17-36-26(39)28(32,33)34/h2-5,7-10,12,14-15H,16-17H2,(H,35,38)(H,36,39). The van der Waals surface area contributed by atoms with Crippen molar-refractivity contribution in [2.24, 2.45) is 0 Å². The van der Waals surface area contributed by atoms with Gasteiger partial charge < -0.3 is 10.6 Å². The monoisotopic (exact) mass is 573 g/mol. The molecule has 0 aromatic heterocycles. The van der Waals surface area contributed by atoms with Crippen molar-refractivity contribution in [2.75, 3.05) is 0 Å². The van der Waals surface area contributed by atoms with Crippen molar-refractivity contribution in [1.29, 1.82) is 0 Å². The molecule has 3 rings (SSSR count). The number of alkyl halides is 6. The van der Waals surface area contributed by atoms with Gasteiger partial charge >= 0.3 is 24.2 Å². The highest BCUT2D eigenvalue weighted by Gasteiger charge is 2.38. The SMILES string of the molecule is O=C(NCc1ccc(C#Cc2ccc(C#Cc3ccc(CNC(=O)C(F)(F)F)cc3)c([N+](=O)[O-])c2)cc1)C(F)(F)F. The van der Waals surface area contributed by atoms with Crippen LogP contribution in [0.2, 0.25) is 0 Å². The highest BCUT2D eigenvalue weighted by Crippen LogP contribution is 2.20. The summed E-state index contributed by atoms with van der Waals surface area (Å²) >= 11 is 0. The van der Waals surface area contributed by atoms with Gasteiger partial charge in [0.1, 0.15) is 5.56 Å². The van der Waals surface area contributed by atoms with Crippen LogP contribution in [0.1, 0.15) is 33.4 Å². The fraction of sp³-hybridized carbons (Fsp3) is 0.143. The fourth-order valence-electron chi connectivity index (χ4n) is 3.13. The third-order valence-corrected chi connectivity index (χ3v) is 5.22. The molecule has 0 radical (unpaired) electrons. The number of carbonyl (C=O) groups is 2. The lowest BCUT2D eigenvalue weighted by Crippen LogP contribution is -2.36. The second-order valence-corrected chi connectivity index (χ2v) is 8.24. The molecule has 0 spiro atoms. The zero-order valence-electron chi connectivity index (χ0n) is 20.6. The highest BCUT2D eigenvalue weighted by atomic mass is 19.4. The zero-order valence-corrected chi connectivity index (χ0v) is 20.6. The van der Waals surface area contributed by atoms with E-state index in [1.807, 2.05) is 0 Å². The number of hydrogen-bond acceptors (Lipinski definition) is 4. The maximum atomic E-state index is 12.3. The Kier molecular flexibility index (Phi) is 9.37. The van der Waals surface area contributed by atoms with E-state index in [0.29, 0.717) is 27.8 Å². The van der Waals surface area contributed by atoms with Crippen LogP contribution in [-0.2, 0) is 22.7 Å². The van der Waals surface area contributed by atoms with Gasteiger partial charge in [-0.15, -0.1) is 0 Å². The van der Waals surface area contributed by atoms with Gasteiger partial charge in [-0.05, 0) is 47.5 Å². The first-order valence-corrected chi connectivity index (χ1v) is 11.4. The summed E-state index contributed by atoms with van der Waals surface area (Å²) in [6.45, 7) is -0.671. The van der Waals surface area contributed by atoms with Crippen molar-refractivity contribution in [3.8, 4) is 23.7 Å². The molecule has 0 unspecified atom stereocenters. The molecule has 3 aromatic rings. The number of nitrogens with one attached hydrogen (secondary N) is 2. The van der Waals surface area contributed by atoms with E-state index in [-0.39, 0.29) is 24.3 Å². The van der Waals surface area contributed by atoms with Crippen LogP contribution in [0.5, 0.6) is 0 Å². The van der Waals surface area contributed by atoms with Crippen LogP contribution in [0.15, 0.2) is 66.7 Å². The molecule has 0 fully saturated rings. The topological polar surface area (TPSA) is 101 Å². The minimum Gasteiger partial charge on any atom is -0.344 e. The quantitative estimate of drug-likeness (QED) is 0.199. The molecule has 0 saturated heterocycles. The Morgan fingerprint density at radius 2 is 1.05 bits per heavy atom. The van der Waals surface area contributed by atoms with Gasteiger partial charge in [-0.2, -0.15) is 26.3 Å². The van der Waals surface area contributed by atoms with Crippen LogP contribution >= 0.6 is 0 Å². The van der Waals surface area contributed by atoms with E-state index in [4.69, 9.17) is 0 Å². The van der Waals surface area contributed by atoms with Gasteiger partial charge in [0, 0.05) is 35.8 Å². The first-order chi connectivity index (χ1) is 19.2. The zero-order chi connectivity index (χ0) is 30.2. The van der Waals surface area contributed by atoms with E-state index in [0.717, 1.165) is 0 Å². The van der Waals surface area contributed by atoms with Gasteiger partial charge in [0.2, 0.25) is 0 Å². The smallest absolute Gasteiger partial charge is 0.344 e. The van der Waals surface area contributed by atoms with Crippen molar-refractivity contribution in [3.63, 3.8) is 0 Å². The molecule has 7 nitrogen and oxygen atoms in total. The van der Waals surface area contributed by atoms with Gasteiger partial charge in [0.05, 0.1) is 4.92 Å². The molecule has 3 aromatic carbocycles. The number of nitro groups is 1. The predicted molar refractivity (Wildman–Crippen MR) is 134 cm³/mol. The van der Waals surface area contributed by atoms with E-state index in [9.17, 15) is 46.0 Å². The summed E-state index contributed by atoms with van der Waals surface area (Å²) in [5.41, 5.74) is 1.78. The summed E-state index contributed by atoms with van der Waals surface area (Å²) < 4.78 is 73.6. The summed E-state index contributed by atoms with van der Waals surface area (Å²) in [6, 6.07) is 16.0. The molecule has 0 atom stereocenters. The van der Waals surface area contributed by atoms with Gasteiger partial charge in [0.15, 0.2) is 0 Å². The van der Waals surface area contributed by atoms with Crippen LogP contribution in [-0.4, -0.2) is 29.1 Å². The normalized spacial score (nSPS) is 10.9. The molecule has 0 aliphatic heterocycles. The Morgan fingerprint density at radius 3 is 1.46 bits per heavy atom. The summed E-state index contributed by atoms with van der Waals surface area (Å²) in [6.07, 6.45) is -9.97. The number of nitrogens with zero attached hydrogens (tertiary/aromatic N) is 1. The lowest BCUT2D eigenvalue weighted by Gasteiger charge is -2.07. The molecule has 0 saturated carbocycles. The Morgan fingerprint density at radius 1 is 0.659 bits per heavy atom. The van der Waals surface area contributed by atoms with Crippen LogP contribution in [0.3, 0.4) is 0 Å². The fourth-order valence-corrected chi connectivity index (χ4v) is 3.13. The second-order valence-electron chi connectivity index (χ2n) is 8.24. The van der Waals surface area contributed by atoms with Gasteiger partial charge in [-0.25, -0.2) is 0 Å². The maximum absolute atomic E-state index is 12.3. The first-order valence-electron chi connectivity index (χ1n) is 11.4. The Labute approximate surface area is 228 Å². The third-order valence-electron chi connectivity index (χ3n) is 5.22. The lowest BCUT2D eigenvalue weighted by molar-refractivity contribution is -0.385. The van der Waals surface area contributed by atoms with Crippen LogP contribution in [0.4, 0.5) is 32.0 Å². The molecule has 13 heteroatoms. The van der Waals surface area contributed by atoms with Crippen molar-refractivity contribution in [1.82, 2.24) is 10.6 Å². The number of hydrogen-bond donors (Lipinski definition) is 2. The summed E-state index contributed by atoms with van der Waals surface area (Å²) in [7, 11) is 0. The molecule has 41 heavy (non-hydrogen) atoms.